The maximum absolute atomic E-state index is 13.7. The van der Waals surface area contributed by atoms with Gasteiger partial charge in [0.1, 0.15) is 46.3 Å². The van der Waals surface area contributed by atoms with Gasteiger partial charge in [-0.15, -0.1) is 0 Å². The SMILES string of the molecule is CC(C)(COP(OCC(C)(C)CC(C)(C)O[C@H]1[C@H](N2CCCC2=O)c2cc(C#N)ccc2OC1(C)C)OO[C@H]1[C@H](N2CCCC2=O)c2cc(C#N)ccc2OC1(C)C)CC(C)(C)O[C@H]1[C@H](N2CCCC2=O)c2cc(C#N)ccc2OC1(C)C. The molecule has 446 valence electrons. The summed E-state index contributed by atoms with van der Waals surface area (Å²) in [4.78, 5) is 52.9. The van der Waals surface area contributed by atoms with E-state index in [1.54, 1.807) is 47.4 Å². The number of rotatable bonds is 20. The molecule has 0 saturated carbocycles. The molecule has 0 aliphatic carbocycles. The van der Waals surface area contributed by atoms with Gasteiger partial charge in [0, 0.05) is 55.6 Å². The fourth-order valence-electron chi connectivity index (χ4n) is 13.7. The maximum atomic E-state index is 13.7. The molecule has 6 aliphatic rings. The second kappa shape index (κ2) is 23.2. The first-order chi connectivity index (χ1) is 38.9. The van der Waals surface area contributed by atoms with E-state index in [-0.39, 0.29) is 30.9 Å². The third-order valence-corrected chi connectivity index (χ3v) is 17.7. The Morgan fingerprint density at radius 2 is 0.831 bits per heavy atom. The Morgan fingerprint density at radius 1 is 0.518 bits per heavy atom. The highest BCUT2D eigenvalue weighted by atomic mass is 31.2. The van der Waals surface area contributed by atoms with E-state index in [0.717, 1.165) is 24.0 Å². The Bertz CT molecular complexity index is 2950. The van der Waals surface area contributed by atoms with Crippen LogP contribution in [0.15, 0.2) is 54.6 Å². The summed E-state index contributed by atoms with van der Waals surface area (Å²) in [5.41, 5.74) is -2.20. The third-order valence-electron chi connectivity index (χ3n) is 16.8. The lowest BCUT2D eigenvalue weighted by molar-refractivity contribution is -0.302. The van der Waals surface area contributed by atoms with Gasteiger partial charge in [0.15, 0.2) is 6.10 Å². The zero-order chi connectivity index (χ0) is 60.2. The van der Waals surface area contributed by atoms with Gasteiger partial charge in [0.2, 0.25) is 17.7 Å². The van der Waals surface area contributed by atoms with Crippen LogP contribution >= 0.6 is 8.60 Å². The molecule has 0 unspecified atom stereocenters. The molecule has 83 heavy (non-hydrogen) atoms. The van der Waals surface area contributed by atoms with Crippen molar-refractivity contribution in [2.24, 2.45) is 10.8 Å². The number of nitrogens with zero attached hydrogens (tertiary/aromatic N) is 6. The number of hydrogen-bond donors (Lipinski definition) is 0. The first-order valence-electron chi connectivity index (χ1n) is 29.2. The van der Waals surface area contributed by atoms with Crippen molar-refractivity contribution in [3.8, 4) is 35.5 Å². The van der Waals surface area contributed by atoms with Gasteiger partial charge in [-0.25, -0.2) is 4.89 Å². The van der Waals surface area contributed by atoms with Crippen LogP contribution in [-0.4, -0.2) is 112 Å². The molecule has 0 spiro atoms. The van der Waals surface area contributed by atoms with Crippen molar-refractivity contribution in [1.29, 1.82) is 15.8 Å². The number of carbonyl (C=O) groups excluding carboxylic acids is 3. The highest BCUT2D eigenvalue weighted by Gasteiger charge is 2.55. The highest BCUT2D eigenvalue weighted by Crippen LogP contribution is 2.54. The van der Waals surface area contributed by atoms with Crippen molar-refractivity contribution in [3.05, 3.63) is 88.0 Å². The van der Waals surface area contributed by atoms with E-state index >= 15 is 0 Å². The van der Waals surface area contributed by atoms with E-state index < -0.39 is 83.9 Å². The van der Waals surface area contributed by atoms with Crippen molar-refractivity contribution in [2.75, 3.05) is 32.8 Å². The second-order valence-electron chi connectivity index (χ2n) is 27.8. The van der Waals surface area contributed by atoms with Crippen LogP contribution in [0.5, 0.6) is 17.2 Å². The van der Waals surface area contributed by atoms with Crippen molar-refractivity contribution in [1.82, 2.24) is 14.7 Å². The van der Waals surface area contributed by atoms with Crippen LogP contribution in [0, 0.1) is 44.8 Å². The average molecular weight is 1160 g/mol. The monoisotopic (exact) mass is 1160 g/mol. The normalized spacial score (nSPS) is 24.7. The summed E-state index contributed by atoms with van der Waals surface area (Å²) in [5.74, 6) is 1.79. The maximum Gasteiger partial charge on any atom is 0.362 e. The predicted octanol–water partition coefficient (Wildman–Crippen LogP) is 11.9. The van der Waals surface area contributed by atoms with Crippen LogP contribution in [-0.2, 0) is 42.5 Å². The molecular weight excluding hydrogens is 1080 g/mol. The lowest BCUT2D eigenvalue weighted by atomic mass is 9.80. The van der Waals surface area contributed by atoms with Gasteiger partial charge in [0.05, 0.1) is 77.4 Å². The lowest BCUT2D eigenvalue weighted by Gasteiger charge is -2.50. The molecule has 0 N–H and O–H groups in total. The van der Waals surface area contributed by atoms with Crippen molar-refractivity contribution >= 4 is 26.3 Å². The molecule has 6 aliphatic heterocycles. The zero-order valence-corrected chi connectivity index (χ0v) is 51.8. The number of ether oxygens (including phenoxy) is 5. The largest absolute Gasteiger partial charge is 0.485 e. The molecule has 0 radical (unpaired) electrons. The summed E-state index contributed by atoms with van der Waals surface area (Å²) < 4.78 is 54.3. The first-order valence-corrected chi connectivity index (χ1v) is 30.3. The number of carbonyl (C=O) groups is 3. The number of amides is 3. The van der Waals surface area contributed by atoms with E-state index in [1.807, 2.05) is 91.2 Å². The molecule has 6 atom stereocenters. The summed E-state index contributed by atoms with van der Waals surface area (Å²) in [6.45, 7) is 29.9. The molecular formula is C64H83N6O12P. The molecule has 3 saturated heterocycles. The fourth-order valence-corrected chi connectivity index (χ4v) is 15.0. The highest BCUT2D eigenvalue weighted by molar-refractivity contribution is 7.41. The van der Waals surface area contributed by atoms with Crippen LogP contribution in [0.25, 0.3) is 0 Å². The topological polar surface area (TPSA) is 215 Å². The first kappa shape index (κ1) is 61.7. The molecule has 3 aromatic carbocycles. The number of nitriles is 3. The Hall–Kier alpha value is -5.87. The van der Waals surface area contributed by atoms with Gasteiger partial charge in [-0.1, -0.05) is 27.7 Å². The lowest BCUT2D eigenvalue weighted by Crippen LogP contribution is -2.57. The predicted molar refractivity (Wildman–Crippen MR) is 308 cm³/mol. The average Bonchev–Trinajstić information content (AvgIpc) is 3.00. The Balaban J connectivity index is 0.968. The number of hydrogen-bond acceptors (Lipinski definition) is 15. The van der Waals surface area contributed by atoms with E-state index in [9.17, 15) is 30.2 Å². The molecule has 0 aromatic heterocycles. The molecule has 3 amide bonds. The van der Waals surface area contributed by atoms with Gasteiger partial charge in [-0.2, -0.15) is 20.5 Å². The minimum absolute atomic E-state index is 0.0299. The summed E-state index contributed by atoms with van der Waals surface area (Å²) >= 11 is 0. The van der Waals surface area contributed by atoms with Crippen LogP contribution < -0.4 is 14.2 Å². The summed E-state index contributed by atoms with van der Waals surface area (Å²) in [7, 11) is -2.32. The van der Waals surface area contributed by atoms with Crippen molar-refractivity contribution < 1.29 is 56.7 Å². The Morgan fingerprint density at radius 3 is 1.13 bits per heavy atom. The van der Waals surface area contributed by atoms with Crippen molar-refractivity contribution in [2.45, 2.75) is 213 Å². The molecule has 0 bridgehead atoms. The van der Waals surface area contributed by atoms with Gasteiger partial charge in [0.25, 0.3) is 0 Å². The van der Waals surface area contributed by atoms with E-state index in [4.69, 9.17) is 42.3 Å². The molecule has 9 rings (SSSR count). The molecule has 19 heteroatoms. The smallest absolute Gasteiger partial charge is 0.362 e. The van der Waals surface area contributed by atoms with Gasteiger partial charge >= 0.3 is 8.60 Å². The number of likely N-dealkylation sites (tertiary alicyclic amines) is 3. The summed E-state index contributed by atoms with van der Waals surface area (Å²) in [6, 6.07) is 20.9. The van der Waals surface area contributed by atoms with Gasteiger partial charge < -0.3 is 47.4 Å². The van der Waals surface area contributed by atoms with Gasteiger partial charge in [-0.05, 0) is 167 Å². The van der Waals surface area contributed by atoms with Crippen molar-refractivity contribution in [3.63, 3.8) is 0 Å². The van der Waals surface area contributed by atoms with E-state index in [0.29, 0.717) is 97.7 Å². The summed E-state index contributed by atoms with van der Waals surface area (Å²) in [6.07, 6.45) is 2.14. The number of fused-ring (bicyclic) bond motifs is 3. The minimum Gasteiger partial charge on any atom is -0.485 e. The third kappa shape index (κ3) is 13.3. The van der Waals surface area contributed by atoms with Crippen LogP contribution in [0.4, 0.5) is 0 Å². The van der Waals surface area contributed by atoms with Crippen LogP contribution in [0.3, 0.4) is 0 Å². The second-order valence-corrected chi connectivity index (χ2v) is 28.9. The zero-order valence-electron chi connectivity index (χ0n) is 50.9. The molecule has 18 nitrogen and oxygen atoms in total. The quantitative estimate of drug-likeness (QED) is 0.0584. The fraction of sp³-hybridized carbons (Fsp3) is 0.625. The number of benzene rings is 3. The Labute approximate surface area is 491 Å². The molecule has 6 heterocycles. The summed E-state index contributed by atoms with van der Waals surface area (Å²) in [5, 5.41) is 29.9. The van der Waals surface area contributed by atoms with Crippen LogP contribution in [0.1, 0.15) is 200 Å². The van der Waals surface area contributed by atoms with E-state index in [2.05, 4.69) is 45.9 Å². The Kier molecular flexibility index (Phi) is 17.2. The molecule has 3 fully saturated rings. The minimum atomic E-state index is -2.32. The molecule has 3 aromatic rings. The van der Waals surface area contributed by atoms with Gasteiger partial charge in [-0.3, -0.25) is 14.4 Å². The standard InChI is InChI=1S/C64H83N6O12P/c1-58(2,36-60(5,6)79-55-52(68-27-15-18-49(68)71)43-30-40(33-65)21-24-46(43)76-62(55,9)10)38-74-83(82-81-57-54(70-29-17-20-51(70)73)45-32-42(35-67)23-26-48(45)78-64(57,13)14)75-39-59(3,4)37-61(7,8)80-56-53(69-28-16-19-50(69)72)44-31-41(34-66)22-25-47(44)77-63(56,11)12/h21-26,30-32,52-57H,15-20,27-29,36-39H2,1-14H3/t52-,53-,54-,55+,56+,57+/m1/s1. The van der Waals surface area contributed by atoms with E-state index in [1.165, 1.54) is 0 Å². The van der Waals surface area contributed by atoms with Crippen LogP contribution in [0.2, 0.25) is 0 Å².